The van der Waals surface area contributed by atoms with Crippen molar-refractivity contribution in [2.45, 2.75) is 57.0 Å². The van der Waals surface area contributed by atoms with E-state index in [-0.39, 0.29) is 11.8 Å². The molecule has 2 fully saturated rings. The maximum absolute atomic E-state index is 12.2. The molecule has 0 saturated heterocycles. The van der Waals surface area contributed by atoms with Gasteiger partial charge in [-0.15, -0.1) is 0 Å². The molecule has 0 aromatic heterocycles. The van der Waals surface area contributed by atoms with Gasteiger partial charge in [-0.25, -0.2) is 0 Å². The van der Waals surface area contributed by atoms with Crippen molar-refractivity contribution in [3.63, 3.8) is 0 Å². The molecule has 3 aliphatic rings. The van der Waals surface area contributed by atoms with Crippen molar-refractivity contribution in [2.75, 3.05) is 0 Å². The molecular formula is C15H23N3O3. The molecule has 1 heterocycles. The van der Waals surface area contributed by atoms with Crippen molar-refractivity contribution < 1.29 is 14.4 Å². The van der Waals surface area contributed by atoms with Gasteiger partial charge in [0.1, 0.15) is 0 Å². The Balaban J connectivity index is 2.14. The highest BCUT2D eigenvalue weighted by Crippen LogP contribution is 2.58. The van der Waals surface area contributed by atoms with E-state index in [1.54, 1.807) is 6.21 Å². The molecule has 6 heteroatoms. The summed E-state index contributed by atoms with van der Waals surface area (Å²) in [7, 11) is 0. The quantitative estimate of drug-likeness (QED) is 0.757. The Morgan fingerprint density at radius 3 is 1.76 bits per heavy atom. The zero-order valence-electron chi connectivity index (χ0n) is 12.2. The predicted molar refractivity (Wildman–Crippen MR) is 77.0 cm³/mol. The van der Waals surface area contributed by atoms with Crippen LogP contribution in [-0.4, -0.2) is 23.6 Å². The van der Waals surface area contributed by atoms with E-state index in [0.29, 0.717) is 0 Å². The van der Waals surface area contributed by atoms with Gasteiger partial charge in [-0.3, -0.25) is 9.59 Å². The Bertz CT molecular complexity index is 447. The largest absolute Gasteiger partial charge is 0.368 e. The minimum absolute atomic E-state index is 0.187. The van der Waals surface area contributed by atoms with Gasteiger partial charge >= 0.3 is 5.60 Å². The molecule has 6 nitrogen and oxygen atoms in total. The normalized spacial score (nSPS) is 27.8. The Labute approximate surface area is 124 Å². The molecule has 3 rings (SSSR count). The minimum Gasteiger partial charge on any atom is -0.368 e. The number of oxime groups is 1. The first kappa shape index (κ1) is 14.4. The van der Waals surface area contributed by atoms with Gasteiger partial charge in [0.15, 0.2) is 0 Å². The Morgan fingerprint density at radius 1 is 0.952 bits per heavy atom. The summed E-state index contributed by atoms with van der Waals surface area (Å²) >= 11 is 0. The number of amides is 2. The number of carbonyl (C=O) groups excluding carboxylic acids is 2. The third kappa shape index (κ3) is 1.74. The second-order valence-electron chi connectivity index (χ2n) is 6.63. The third-order valence-electron chi connectivity index (χ3n) is 5.82. The van der Waals surface area contributed by atoms with Crippen LogP contribution in [0.2, 0.25) is 0 Å². The van der Waals surface area contributed by atoms with Crippen LogP contribution >= 0.6 is 0 Å². The van der Waals surface area contributed by atoms with Crippen molar-refractivity contribution in [1.29, 1.82) is 0 Å². The molecule has 21 heavy (non-hydrogen) atoms. The molecule has 0 aromatic carbocycles. The van der Waals surface area contributed by atoms with E-state index in [1.165, 1.54) is 0 Å². The molecule has 0 atom stereocenters. The van der Waals surface area contributed by atoms with E-state index < -0.39 is 22.8 Å². The van der Waals surface area contributed by atoms with Crippen LogP contribution in [0.4, 0.5) is 0 Å². The van der Waals surface area contributed by atoms with Gasteiger partial charge in [-0.2, -0.15) is 0 Å². The van der Waals surface area contributed by atoms with Gasteiger partial charge in [0.2, 0.25) is 0 Å². The smallest absolute Gasteiger partial charge is 0.302 e. The molecular weight excluding hydrogens is 270 g/mol. The van der Waals surface area contributed by atoms with Crippen LogP contribution < -0.4 is 11.5 Å². The molecule has 0 bridgehead atoms. The van der Waals surface area contributed by atoms with Crippen LogP contribution in [0, 0.1) is 17.3 Å². The van der Waals surface area contributed by atoms with Crippen molar-refractivity contribution in [3.05, 3.63) is 0 Å². The zero-order valence-corrected chi connectivity index (χ0v) is 12.2. The van der Waals surface area contributed by atoms with Gasteiger partial charge in [0.05, 0.1) is 11.6 Å². The first-order chi connectivity index (χ1) is 10.1. The van der Waals surface area contributed by atoms with Crippen LogP contribution in [0.5, 0.6) is 0 Å². The van der Waals surface area contributed by atoms with Gasteiger partial charge in [0.25, 0.3) is 11.8 Å². The topological polar surface area (TPSA) is 108 Å². The Hall–Kier alpha value is -1.59. The van der Waals surface area contributed by atoms with Gasteiger partial charge in [-0.1, -0.05) is 30.8 Å². The molecule has 1 aliphatic heterocycles. The summed E-state index contributed by atoms with van der Waals surface area (Å²) in [5.41, 5.74) is 8.64. The number of rotatable bonds is 4. The maximum atomic E-state index is 12.2. The average Bonchev–Trinajstić information content (AvgIpc) is 3.18. The maximum Gasteiger partial charge on any atom is 0.302 e. The van der Waals surface area contributed by atoms with E-state index in [0.717, 1.165) is 51.4 Å². The molecule has 0 radical (unpaired) electrons. The van der Waals surface area contributed by atoms with Gasteiger partial charge < -0.3 is 16.3 Å². The van der Waals surface area contributed by atoms with Crippen molar-refractivity contribution in [1.82, 2.24) is 0 Å². The monoisotopic (exact) mass is 293 g/mol. The minimum atomic E-state index is -1.81. The van der Waals surface area contributed by atoms with E-state index in [1.807, 2.05) is 0 Å². The molecule has 0 unspecified atom stereocenters. The highest BCUT2D eigenvalue weighted by Gasteiger charge is 2.71. The van der Waals surface area contributed by atoms with Crippen LogP contribution in [0.3, 0.4) is 0 Å². The lowest BCUT2D eigenvalue weighted by Gasteiger charge is -2.45. The van der Waals surface area contributed by atoms with Crippen LogP contribution in [0.15, 0.2) is 5.16 Å². The average molecular weight is 293 g/mol. The zero-order chi connectivity index (χ0) is 15.1. The van der Waals surface area contributed by atoms with Crippen molar-refractivity contribution in [2.24, 2.45) is 33.9 Å². The van der Waals surface area contributed by atoms with E-state index >= 15 is 0 Å². The number of carbonyl (C=O) groups is 2. The van der Waals surface area contributed by atoms with Gasteiger partial charge in [0, 0.05) is 0 Å². The SMILES string of the molecule is NC(=O)C1(C(N)=O)ON=CC1(C1CCCC1)C1CCCC1. The van der Waals surface area contributed by atoms with Crippen LogP contribution in [0.25, 0.3) is 0 Å². The number of nitrogens with zero attached hydrogens (tertiary/aromatic N) is 1. The highest BCUT2D eigenvalue weighted by molar-refractivity contribution is 6.12. The second-order valence-corrected chi connectivity index (χ2v) is 6.63. The first-order valence-corrected chi connectivity index (χ1v) is 7.88. The third-order valence-corrected chi connectivity index (χ3v) is 5.82. The summed E-state index contributed by atoms with van der Waals surface area (Å²) in [6.07, 6.45) is 9.95. The fourth-order valence-electron chi connectivity index (χ4n) is 4.93. The molecule has 116 valence electrons. The lowest BCUT2D eigenvalue weighted by molar-refractivity contribution is -0.173. The first-order valence-electron chi connectivity index (χ1n) is 7.88. The van der Waals surface area contributed by atoms with E-state index in [4.69, 9.17) is 16.3 Å². The van der Waals surface area contributed by atoms with Gasteiger partial charge in [-0.05, 0) is 37.5 Å². The van der Waals surface area contributed by atoms with E-state index in [2.05, 4.69) is 5.16 Å². The fourth-order valence-corrected chi connectivity index (χ4v) is 4.93. The molecule has 2 saturated carbocycles. The fraction of sp³-hybridized carbons (Fsp3) is 0.800. The van der Waals surface area contributed by atoms with Crippen LogP contribution in [0.1, 0.15) is 51.4 Å². The molecule has 2 amide bonds. The number of hydrogen-bond acceptors (Lipinski definition) is 4. The summed E-state index contributed by atoms with van der Waals surface area (Å²) in [4.78, 5) is 29.7. The molecule has 2 aliphatic carbocycles. The summed E-state index contributed by atoms with van der Waals surface area (Å²) < 4.78 is 0. The summed E-state index contributed by atoms with van der Waals surface area (Å²) in [5, 5.41) is 3.90. The van der Waals surface area contributed by atoms with Crippen molar-refractivity contribution in [3.8, 4) is 0 Å². The summed E-state index contributed by atoms with van der Waals surface area (Å²) in [6, 6.07) is 0. The number of primary amides is 2. The number of hydrogen-bond donors (Lipinski definition) is 2. The molecule has 0 spiro atoms. The molecule has 4 N–H and O–H groups in total. The van der Waals surface area contributed by atoms with E-state index in [9.17, 15) is 9.59 Å². The standard InChI is InChI=1S/C15H23N3O3/c16-12(19)15(13(17)20)14(9-18-21-15,10-5-1-2-6-10)11-7-3-4-8-11/h9-11H,1-8H2,(H2,16,19)(H2,17,20). The second kappa shape index (κ2) is 5.00. The lowest BCUT2D eigenvalue weighted by Crippen LogP contribution is -2.68. The van der Waals surface area contributed by atoms with Crippen LogP contribution in [-0.2, 0) is 14.4 Å². The predicted octanol–water partition coefficient (Wildman–Crippen LogP) is 1.08. The lowest BCUT2D eigenvalue weighted by atomic mass is 9.56. The Kier molecular flexibility index (Phi) is 3.42. The Morgan fingerprint density at radius 2 is 1.38 bits per heavy atom. The molecule has 0 aromatic rings. The summed E-state index contributed by atoms with van der Waals surface area (Å²) in [5.74, 6) is -1.23. The summed E-state index contributed by atoms with van der Waals surface area (Å²) in [6.45, 7) is 0. The highest BCUT2D eigenvalue weighted by atomic mass is 16.7. The van der Waals surface area contributed by atoms with Crippen molar-refractivity contribution >= 4 is 18.0 Å². The number of nitrogens with two attached hydrogens (primary N) is 2.